The largest absolute Gasteiger partial charge is 0.378 e. The second-order valence-corrected chi connectivity index (χ2v) is 7.44. The number of morpholine rings is 1. The third-order valence-electron chi connectivity index (χ3n) is 5.35. The molecule has 0 atom stereocenters. The van der Waals surface area contributed by atoms with Gasteiger partial charge in [-0.1, -0.05) is 0 Å². The predicted molar refractivity (Wildman–Crippen MR) is 124 cm³/mol. The average molecular weight is 439 g/mol. The van der Waals surface area contributed by atoms with E-state index < -0.39 is 0 Å². The summed E-state index contributed by atoms with van der Waals surface area (Å²) in [5.41, 5.74) is 2.58. The van der Waals surface area contributed by atoms with Crippen LogP contribution in [0.1, 0.15) is 34.6 Å². The molecule has 0 aliphatic carbocycles. The number of hydrogen-bond acceptors (Lipinski definition) is 5. The van der Waals surface area contributed by atoms with Crippen LogP contribution in [-0.2, 0) is 9.53 Å². The van der Waals surface area contributed by atoms with Crippen LogP contribution >= 0.6 is 0 Å². The van der Waals surface area contributed by atoms with Gasteiger partial charge in [0.05, 0.1) is 19.8 Å². The second-order valence-electron chi connectivity index (χ2n) is 7.44. The van der Waals surface area contributed by atoms with Gasteiger partial charge in [0.25, 0.3) is 11.8 Å². The SMILES string of the molecule is CCN(CC)C(=O)c1ccc(NCC(=O)Nc2ccc(C(=O)N3CCOCC3)cc2)cc1. The van der Waals surface area contributed by atoms with Crippen LogP contribution < -0.4 is 10.6 Å². The summed E-state index contributed by atoms with van der Waals surface area (Å²) < 4.78 is 5.27. The van der Waals surface area contributed by atoms with Gasteiger partial charge < -0.3 is 25.2 Å². The minimum atomic E-state index is -0.208. The molecule has 1 saturated heterocycles. The van der Waals surface area contributed by atoms with Crippen LogP contribution in [-0.4, -0.2) is 73.5 Å². The van der Waals surface area contributed by atoms with E-state index in [-0.39, 0.29) is 24.3 Å². The topological polar surface area (TPSA) is 91.0 Å². The Labute approximate surface area is 188 Å². The summed E-state index contributed by atoms with van der Waals surface area (Å²) in [7, 11) is 0. The van der Waals surface area contributed by atoms with Crippen molar-refractivity contribution >= 4 is 29.1 Å². The van der Waals surface area contributed by atoms with E-state index in [0.29, 0.717) is 56.2 Å². The normalized spacial score (nSPS) is 13.4. The minimum Gasteiger partial charge on any atom is -0.378 e. The van der Waals surface area contributed by atoms with Crippen LogP contribution in [0.4, 0.5) is 11.4 Å². The lowest BCUT2D eigenvalue weighted by Gasteiger charge is -2.26. The molecule has 8 nitrogen and oxygen atoms in total. The molecule has 0 spiro atoms. The number of benzene rings is 2. The van der Waals surface area contributed by atoms with E-state index in [2.05, 4.69) is 10.6 Å². The molecule has 2 N–H and O–H groups in total. The monoisotopic (exact) mass is 438 g/mol. The van der Waals surface area contributed by atoms with Gasteiger partial charge in [0.2, 0.25) is 5.91 Å². The average Bonchev–Trinajstić information content (AvgIpc) is 2.84. The summed E-state index contributed by atoms with van der Waals surface area (Å²) in [5.74, 6) is -0.244. The van der Waals surface area contributed by atoms with E-state index in [9.17, 15) is 14.4 Å². The maximum atomic E-state index is 12.5. The smallest absolute Gasteiger partial charge is 0.254 e. The zero-order valence-corrected chi connectivity index (χ0v) is 18.6. The standard InChI is InChI=1S/C24H30N4O4/c1-3-27(4-2)23(30)18-5-9-20(10-6-18)25-17-22(29)26-21-11-7-19(8-12-21)24(31)28-13-15-32-16-14-28/h5-12,25H,3-4,13-17H2,1-2H3,(H,26,29). The van der Waals surface area contributed by atoms with Crippen LogP contribution in [0.5, 0.6) is 0 Å². The number of carbonyl (C=O) groups is 3. The number of ether oxygens (including phenoxy) is 1. The molecule has 170 valence electrons. The molecule has 3 rings (SSSR count). The van der Waals surface area contributed by atoms with Crippen molar-refractivity contribution in [3.8, 4) is 0 Å². The first kappa shape index (κ1) is 23.3. The maximum Gasteiger partial charge on any atom is 0.254 e. The van der Waals surface area contributed by atoms with E-state index >= 15 is 0 Å². The van der Waals surface area contributed by atoms with Gasteiger partial charge in [0.1, 0.15) is 0 Å². The summed E-state index contributed by atoms with van der Waals surface area (Å²) >= 11 is 0. The Morgan fingerprint density at radius 3 is 2.03 bits per heavy atom. The van der Waals surface area contributed by atoms with Crippen molar-refractivity contribution in [3.63, 3.8) is 0 Å². The molecule has 8 heteroatoms. The Kier molecular flexibility index (Phi) is 8.21. The Bertz CT molecular complexity index is 918. The minimum absolute atomic E-state index is 0.00478. The lowest BCUT2D eigenvalue weighted by Crippen LogP contribution is -2.40. The first-order valence-corrected chi connectivity index (χ1v) is 10.9. The first-order valence-electron chi connectivity index (χ1n) is 10.9. The zero-order chi connectivity index (χ0) is 22.9. The van der Waals surface area contributed by atoms with E-state index in [4.69, 9.17) is 4.74 Å². The molecule has 0 radical (unpaired) electrons. The van der Waals surface area contributed by atoms with Crippen molar-refractivity contribution in [2.75, 3.05) is 56.6 Å². The van der Waals surface area contributed by atoms with Gasteiger partial charge in [0.15, 0.2) is 0 Å². The molecular weight excluding hydrogens is 408 g/mol. The Hall–Kier alpha value is -3.39. The van der Waals surface area contributed by atoms with Gasteiger partial charge in [-0.05, 0) is 62.4 Å². The van der Waals surface area contributed by atoms with Gasteiger partial charge >= 0.3 is 0 Å². The van der Waals surface area contributed by atoms with Gasteiger partial charge in [-0.3, -0.25) is 14.4 Å². The Morgan fingerprint density at radius 1 is 0.875 bits per heavy atom. The van der Waals surface area contributed by atoms with Crippen molar-refractivity contribution in [1.82, 2.24) is 9.80 Å². The van der Waals surface area contributed by atoms with Crippen LogP contribution in [0, 0.1) is 0 Å². The number of carbonyl (C=O) groups excluding carboxylic acids is 3. The quantitative estimate of drug-likeness (QED) is 0.661. The molecule has 0 bridgehead atoms. The Balaban J connectivity index is 1.48. The van der Waals surface area contributed by atoms with E-state index in [1.165, 1.54) is 0 Å². The molecule has 2 aromatic carbocycles. The van der Waals surface area contributed by atoms with Crippen LogP contribution in [0.2, 0.25) is 0 Å². The third-order valence-corrected chi connectivity index (χ3v) is 5.35. The maximum absolute atomic E-state index is 12.5. The fourth-order valence-electron chi connectivity index (χ4n) is 3.46. The molecule has 0 saturated carbocycles. The summed E-state index contributed by atoms with van der Waals surface area (Å²) in [4.78, 5) is 40.6. The number of anilines is 2. The van der Waals surface area contributed by atoms with Crippen molar-refractivity contribution in [2.24, 2.45) is 0 Å². The van der Waals surface area contributed by atoms with Gasteiger partial charge in [-0.15, -0.1) is 0 Å². The van der Waals surface area contributed by atoms with Crippen molar-refractivity contribution < 1.29 is 19.1 Å². The van der Waals surface area contributed by atoms with E-state index in [1.54, 1.807) is 58.3 Å². The summed E-state index contributed by atoms with van der Waals surface area (Å²) in [6.45, 7) is 7.61. The Morgan fingerprint density at radius 2 is 1.44 bits per heavy atom. The molecule has 1 aliphatic rings. The van der Waals surface area contributed by atoms with Gasteiger partial charge in [-0.2, -0.15) is 0 Å². The highest BCUT2D eigenvalue weighted by atomic mass is 16.5. The van der Waals surface area contributed by atoms with Crippen LogP contribution in [0.3, 0.4) is 0 Å². The number of amides is 3. The number of nitrogens with zero attached hydrogens (tertiary/aromatic N) is 2. The van der Waals surface area contributed by atoms with Crippen LogP contribution in [0.25, 0.3) is 0 Å². The lowest BCUT2D eigenvalue weighted by atomic mass is 10.1. The lowest BCUT2D eigenvalue weighted by molar-refractivity contribution is -0.114. The van der Waals surface area contributed by atoms with E-state index in [1.807, 2.05) is 13.8 Å². The fraction of sp³-hybridized carbons (Fsp3) is 0.375. The molecule has 1 heterocycles. The molecule has 1 fully saturated rings. The third kappa shape index (κ3) is 6.07. The molecule has 2 aromatic rings. The molecule has 32 heavy (non-hydrogen) atoms. The highest BCUT2D eigenvalue weighted by Gasteiger charge is 2.18. The molecule has 0 aromatic heterocycles. The predicted octanol–water partition coefficient (Wildman–Crippen LogP) is 2.69. The van der Waals surface area contributed by atoms with E-state index in [0.717, 1.165) is 5.69 Å². The summed E-state index contributed by atoms with van der Waals surface area (Å²) in [6, 6.07) is 14.0. The summed E-state index contributed by atoms with van der Waals surface area (Å²) in [6.07, 6.45) is 0. The fourth-order valence-corrected chi connectivity index (χ4v) is 3.46. The second kappa shape index (κ2) is 11.3. The highest BCUT2D eigenvalue weighted by Crippen LogP contribution is 2.14. The van der Waals surface area contributed by atoms with Gasteiger partial charge in [-0.25, -0.2) is 0 Å². The summed E-state index contributed by atoms with van der Waals surface area (Å²) in [5, 5.41) is 5.86. The molecule has 3 amide bonds. The molecule has 1 aliphatic heterocycles. The van der Waals surface area contributed by atoms with Crippen molar-refractivity contribution in [3.05, 3.63) is 59.7 Å². The zero-order valence-electron chi connectivity index (χ0n) is 18.6. The number of nitrogens with one attached hydrogen (secondary N) is 2. The first-order chi connectivity index (χ1) is 15.5. The number of hydrogen-bond donors (Lipinski definition) is 2. The molecule has 0 unspecified atom stereocenters. The van der Waals surface area contributed by atoms with Gasteiger partial charge in [0, 0.05) is 48.7 Å². The van der Waals surface area contributed by atoms with Crippen LogP contribution in [0.15, 0.2) is 48.5 Å². The highest BCUT2D eigenvalue weighted by molar-refractivity contribution is 5.97. The molecular formula is C24H30N4O4. The van der Waals surface area contributed by atoms with Crippen molar-refractivity contribution in [1.29, 1.82) is 0 Å². The van der Waals surface area contributed by atoms with Crippen molar-refractivity contribution in [2.45, 2.75) is 13.8 Å². The number of rotatable bonds is 8.